The van der Waals surface area contributed by atoms with Gasteiger partial charge in [-0.15, -0.1) is 0 Å². The molecule has 3 aromatic rings. The molecule has 3 rings (SSSR count). The summed E-state index contributed by atoms with van der Waals surface area (Å²) in [4.78, 5) is 17.3. The number of imidazole rings is 1. The van der Waals surface area contributed by atoms with Gasteiger partial charge in [0.25, 0.3) is 5.91 Å². The lowest BCUT2D eigenvalue weighted by molar-refractivity contribution is 0.0937. The Bertz CT molecular complexity index is 945. The summed E-state index contributed by atoms with van der Waals surface area (Å²) < 4.78 is 2.99. The smallest absolute Gasteiger partial charge is 0.251 e. The number of hydrogen-bond acceptors (Lipinski definition) is 2. The van der Waals surface area contributed by atoms with Crippen molar-refractivity contribution in [1.29, 1.82) is 0 Å². The molecule has 0 saturated carbocycles. The summed E-state index contributed by atoms with van der Waals surface area (Å²) in [5.41, 5.74) is 3.62. The number of para-hydroxylation sites is 2. The van der Waals surface area contributed by atoms with E-state index in [0.717, 1.165) is 26.9 Å². The first kappa shape index (κ1) is 17.4. The number of fused-ring (bicyclic) bond motifs is 1. The standard InChI is InChI=1S/C20H20BrN3O/c1-13(2)12-24-18-10-5-4-9-17(18)23-19(24)14(3)22-20(25)15-7-6-8-16(21)11-15/h4-11,14H,1,12H2,2-3H3,(H,22,25). The fourth-order valence-corrected chi connectivity index (χ4v) is 3.23. The van der Waals surface area contributed by atoms with Crippen LogP contribution in [0.1, 0.15) is 36.1 Å². The fraction of sp³-hybridized carbons (Fsp3) is 0.200. The Morgan fingerprint density at radius 3 is 2.76 bits per heavy atom. The molecule has 1 atom stereocenters. The molecule has 128 valence electrons. The normalized spacial score (nSPS) is 12.1. The first-order valence-electron chi connectivity index (χ1n) is 8.11. The SMILES string of the molecule is C=C(C)Cn1c(C(C)NC(=O)c2cccc(Br)c2)nc2ccccc21. The second kappa shape index (κ2) is 7.23. The van der Waals surface area contributed by atoms with Gasteiger partial charge in [0.15, 0.2) is 0 Å². The largest absolute Gasteiger partial charge is 0.342 e. The maximum Gasteiger partial charge on any atom is 0.251 e. The molecule has 0 spiro atoms. The molecule has 4 nitrogen and oxygen atoms in total. The predicted molar refractivity (Wildman–Crippen MR) is 105 cm³/mol. The first-order chi connectivity index (χ1) is 12.0. The Labute approximate surface area is 155 Å². The van der Waals surface area contributed by atoms with Crippen LogP contribution in [-0.2, 0) is 6.54 Å². The molecule has 0 aliphatic rings. The molecule has 0 aliphatic carbocycles. The molecule has 1 heterocycles. The maximum absolute atomic E-state index is 12.5. The number of hydrogen-bond donors (Lipinski definition) is 1. The van der Waals surface area contributed by atoms with Crippen LogP contribution in [0, 0.1) is 0 Å². The number of aromatic nitrogens is 2. The Kier molecular flexibility index (Phi) is 5.04. The molecule has 0 bridgehead atoms. The van der Waals surface area contributed by atoms with E-state index in [1.54, 1.807) is 12.1 Å². The minimum absolute atomic E-state index is 0.122. The van der Waals surface area contributed by atoms with Gasteiger partial charge < -0.3 is 9.88 Å². The Balaban J connectivity index is 1.92. The van der Waals surface area contributed by atoms with Crippen LogP contribution in [0.2, 0.25) is 0 Å². The van der Waals surface area contributed by atoms with Gasteiger partial charge in [0.1, 0.15) is 5.82 Å². The van der Waals surface area contributed by atoms with Crippen LogP contribution in [-0.4, -0.2) is 15.5 Å². The monoisotopic (exact) mass is 397 g/mol. The third kappa shape index (κ3) is 3.82. The topological polar surface area (TPSA) is 46.9 Å². The van der Waals surface area contributed by atoms with Gasteiger partial charge in [0.05, 0.1) is 17.1 Å². The Morgan fingerprint density at radius 2 is 2.04 bits per heavy atom. The summed E-state index contributed by atoms with van der Waals surface area (Å²) in [5.74, 6) is 0.704. The lowest BCUT2D eigenvalue weighted by atomic mass is 10.2. The molecule has 25 heavy (non-hydrogen) atoms. The van der Waals surface area contributed by atoms with Crippen molar-refractivity contribution in [2.75, 3.05) is 0 Å². The number of halogens is 1. The molecule has 2 aromatic carbocycles. The summed E-state index contributed by atoms with van der Waals surface area (Å²) in [6.07, 6.45) is 0. The van der Waals surface area contributed by atoms with Crippen molar-refractivity contribution in [3.05, 3.63) is 76.5 Å². The number of carbonyl (C=O) groups excluding carboxylic acids is 1. The van der Waals surface area contributed by atoms with Crippen molar-refractivity contribution in [1.82, 2.24) is 14.9 Å². The van der Waals surface area contributed by atoms with Gasteiger partial charge in [0.2, 0.25) is 0 Å². The highest BCUT2D eigenvalue weighted by atomic mass is 79.9. The number of benzene rings is 2. The molecule has 0 fully saturated rings. The van der Waals surface area contributed by atoms with E-state index in [9.17, 15) is 4.79 Å². The molecule has 1 N–H and O–H groups in total. The third-order valence-corrected chi connectivity index (χ3v) is 4.43. The number of nitrogens with one attached hydrogen (secondary N) is 1. The van der Waals surface area contributed by atoms with Gasteiger partial charge in [-0.05, 0) is 44.2 Å². The van der Waals surface area contributed by atoms with Gasteiger partial charge in [0, 0.05) is 16.6 Å². The molecule has 0 aliphatic heterocycles. The summed E-state index contributed by atoms with van der Waals surface area (Å²) in [5, 5.41) is 3.04. The van der Waals surface area contributed by atoms with E-state index in [-0.39, 0.29) is 11.9 Å². The fourth-order valence-electron chi connectivity index (χ4n) is 2.84. The summed E-state index contributed by atoms with van der Waals surface area (Å²) >= 11 is 3.40. The number of carbonyl (C=O) groups is 1. The molecule has 0 saturated heterocycles. The van der Waals surface area contributed by atoms with Gasteiger partial charge in [-0.3, -0.25) is 4.79 Å². The van der Waals surface area contributed by atoms with Crippen molar-refractivity contribution < 1.29 is 4.79 Å². The van der Waals surface area contributed by atoms with Gasteiger partial charge in [-0.1, -0.05) is 46.3 Å². The number of rotatable bonds is 5. The molecule has 1 unspecified atom stereocenters. The number of amides is 1. The molecular weight excluding hydrogens is 378 g/mol. The zero-order valence-corrected chi connectivity index (χ0v) is 15.9. The summed E-state index contributed by atoms with van der Waals surface area (Å²) in [6, 6.07) is 15.1. The minimum atomic E-state index is -0.224. The van der Waals surface area contributed by atoms with E-state index < -0.39 is 0 Å². The molecule has 1 amide bonds. The van der Waals surface area contributed by atoms with Crippen LogP contribution >= 0.6 is 15.9 Å². The molecule has 1 aromatic heterocycles. The van der Waals surface area contributed by atoms with E-state index >= 15 is 0 Å². The van der Waals surface area contributed by atoms with E-state index in [2.05, 4.69) is 32.4 Å². The number of allylic oxidation sites excluding steroid dienone is 1. The van der Waals surface area contributed by atoms with Crippen molar-refractivity contribution >= 4 is 32.9 Å². The lowest BCUT2D eigenvalue weighted by Gasteiger charge is -2.16. The quantitative estimate of drug-likeness (QED) is 0.624. The average Bonchev–Trinajstić information content (AvgIpc) is 2.93. The van der Waals surface area contributed by atoms with Crippen LogP contribution in [0.25, 0.3) is 11.0 Å². The molecule has 5 heteroatoms. The van der Waals surface area contributed by atoms with Crippen LogP contribution in [0.15, 0.2) is 65.2 Å². The number of nitrogens with zero attached hydrogens (tertiary/aromatic N) is 2. The second-order valence-corrected chi connectivity index (χ2v) is 7.12. The molecule has 0 radical (unpaired) electrons. The highest BCUT2D eigenvalue weighted by molar-refractivity contribution is 9.10. The van der Waals surface area contributed by atoms with Gasteiger partial charge >= 0.3 is 0 Å². The second-order valence-electron chi connectivity index (χ2n) is 6.21. The zero-order valence-electron chi connectivity index (χ0n) is 14.3. The van der Waals surface area contributed by atoms with Crippen molar-refractivity contribution in [2.24, 2.45) is 0 Å². The lowest BCUT2D eigenvalue weighted by Crippen LogP contribution is -2.28. The van der Waals surface area contributed by atoms with E-state index in [4.69, 9.17) is 4.98 Å². The van der Waals surface area contributed by atoms with Gasteiger partial charge in [-0.25, -0.2) is 4.98 Å². The highest BCUT2D eigenvalue weighted by Crippen LogP contribution is 2.22. The highest BCUT2D eigenvalue weighted by Gasteiger charge is 2.19. The first-order valence-corrected chi connectivity index (χ1v) is 8.91. The van der Waals surface area contributed by atoms with Crippen molar-refractivity contribution in [3.63, 3.8) is 0 Å². The van der Waals surface area contributed by atoms with E-state index in [1.807, 2.05) is 50.2 Å². The zero-order chi connectivity index (χ0) is 18.0. The summed E-state index contributed by atoms with van der Waals surface area (Å²) in [6.45, 7) is 8.63. The Morgan fingerprint density at radius 1 is 1.28 bits per heavy atom. The average molecular weight is 398 g/mol. The van der Waals surface area contributed by atoms with Crippen LogP contribution in [0.5, 0.6) is 0 Å². The van der Waals surface area contributed by atoms with Gasteiger partial charge in [-0.2, -0.15) is 0 Å². The van der Waals surface area contributed by atoms with Crippen LogP contribution in [0.4, 0.5) is 0 Å². The van der Waals surface area contributed by atoms with Crippen LogP contribution < -0.4 is 5.32 Å². The maximum atomic E-state index is 12.5. The predicted octanol–water partition coefficient (Wildman–Crippen LogP) is 4.87. The van der Waals surface area contributed by atoms with E-state index in [1.165, 1.54) is 0 Å². The third-order valence-electron chi connectivity index (χ3n) is 3.93. The molecular formula is C20H20BrN3O. The van der Waals surface area contributed by atoms with Crippen molar-refractivity contribution in [2.45, 2.75) is 26.4 Å². The van der Waals surface area contributed by atoms with E-state index in [0.29, 0.717) is 12.1 Å². The summed E-state index contributed by atoms with van der Waals surface area (Å²) in [7, 11) is 0. The Hall–Kier alpha value is -2.40. The van der Waals surface area contributed by atoms with Crippen LogP contribution in [0.3, 0.4) is 0 Å². The minimum Gasteiger partial charge on any atom is -0.342 e. The van der Waals surface area contributed by atoms with Crippen molar-refractivity contribution in [3.8, 4) is 0 Å².